The Kier molecular flexibility index (Phi) is 9.40. The summed E-state index contributed by atoms with van der Waals surface area (Å²) >= 11 is 0. The Hall–Kier alpha value is -4.00. The van der Waals surface area contributed by atoms with E-state index in [0.717, 1.165) is 23.9 Å². The fourth-order valence-electron chi connectivity index (χ4n) is 3.87. The highest BCUT2D eigenvalue weighted by atomic mass is 19.4. The molecule has 0 saturated carbocycles. The van der Waals surface area contributed by atoms with Crippen molar-refractivity contribution in [1.29, 1.82) is 0 Å². The van der Waals surface area contributed by atoms with Crippen molar-refractivity contribution in [1.82, 2.24) is 19.8 Å². The van der Waals surface area contributed by atoms with Crippen LogP contribution in [-0.4, -0.2) is 56.9 Å². The molecule has 2 amide bonds. The Labute approximate surface area is 214 Å². The van der Waals surface area contributed by atoms with Crippen LogP contribution in [0.3, 0.4) is 0 Å². The normalized spacial score (nSPS) is 14.6. The van der Waals surface area contributed by atoms with Gasteiger partial charge in [0.2, 0.25) is 0 Å². The lowest BCUT2D eigenvalue weighted by atomic mass is 10.1. The van der Waals surface area contributed by atoms with E-state index >= 15 is 0 Å². The third kappa shape index (κ3) is 7.75. The monoisotopic (exact) mass is 539 g/mol. The van der Waals surface area contributed by atoms with Gasteiger partial charge in [-0.1, -0.05) is 30.3 Å². The van der Waals surface area contributed by atoms with E-state index < -0.39 is 23.8 Å². The number of carbonyl (C=O) groups is 2. The number of nitrogens with zero attached hydrogens (tertiary/aromatic N) is 3. The number of aliphatic carboxylic acids is 1. The maximum Gasteiger partial charge on any atom is 0.490 e. The van der Waals surface area contributed by atoms with E-state index in [1.165, 1.54) is 12.1 Å². The molecule has 1 aliphatic rings. The first kappa shape index (κ1) is 28.6. The molecule has 2 aromatic carbocycles. The summed E-state index contributed by atoms with van der Waals surface area (Å²) in [6, 6.07) is 13.0. The molecule has 3 aromatic rings. The topological polar surface area (TPSA) is 113 Å². The van der Waals surface area contributed by atoms with Gasteiger partial charge in [0, 0.05) is 56.5 Å². The minimum atomic E-state index is -5.08. The second-order valence-corrected chi connectivity index (χ2v) is 8.50. The van der Waals surface area contributed by atoms with E-state index in [9.17, 15) is 26.7 Å². The van der Waals surface area contributed by atoms with Gasteiger partial charge in [0.05, 0.1) is 5.69 Å². The fraction of sp³-hybridized carbons (Fsp3) is 0.320. The number of alkyl halides is 3. The third-order valence-corrected chi connectivity index (χ3v) is 5.67. The molecule has 2 heterocycles. The molecule has 1 aliphatic heterocycles. The van der Waals surface area contributed by atoms with Gasteiger partial charge in [0.1, 0.15) is 17.5 Å². The average Bonchev–Trinajstić information content (AvgIpc) is 3.27. The van der Waals surface area contributed by atoms with Crippen LogP contribution in [0.25, 0.3) is 11.3 Å². The predicted octanol–water partition coefficient (Wildman–Crippen LogP) is 3.95. The van der Waals surface area contributed by atoms with Gasteiger partial charge in [-0.3, -0.25) is 0 Å². The molecule has 0 aliphatic carbocycles. The van der Waals surface area contributed by atoms with Gasteiger partial charge in [-0.15, -0.1) is 0 Å². The molecule has 0 fully saturated rings. The minimum absolute atomic E-state index is 0.0730. The number of carbonyl (C=O) groups excluding carboxylic acids is 1. The Morgan fingerprint density at radius 3 is 2.45 bits per heavy atom. The lowest BCUT2D eigenvalue weighted by molar-refractivity contribution is -0.192. The van der Waals surface area contributed by atoms with Crippen LogP contribution in [0.1, 0.15) is 17.8 Å². The summed E-state index contributed by atoms with van der Waals surface area (Å²) in [6.45, 7) is 1.86. The fourth-order valence-corrected chi connectivity index (χ4v) is 3.87. The zero-order chi connectivity index (χ0) is 27.9. The first-order valence-electron chi connectivity index (χ1n) is 11.6. The summed E-state index contributed by atoms with van der Waals surface area (Å²) in [5, 5.41) is 10.2. The standard InChI is InChI=1S/C23H25F2N5O.C2HF3O2/c24-17-6-8-19(20(25)12-17)21-15-30-14-18(7-9-22(30)28-21)27-23(31)29(11-10-26)13-16-4-2-1-3-5-16;3-2(4,5)1(6)7/h1-6,8,12,15,18H,7,9-11,13-14,26H2,(H,27,31);(H,6,7). The number of carboxylic acids is 1. The van der Waals surface area contributed by atoms with Crippen LogP contribution in [0.2, 0.25) is 0 Å². The zero-order valence-electron chi connectivity index (χ0n) is 20.1. The summed E-state index contributed by atoms with van der Waals surface area (Å²) < 4.78 is 61.0. The molecule has 0 bridgehead atoms. The summed E-state index contributed by atoms with van der Waals surface area (Å²) in [6.07, 6.45) is -1.94. The van der Waals surface area contributed by atoms with Crippen molar-refractivity contribution in [3.63, 3.8) is 0 Å². The predicted molar refractivity (Wildman–Crippen MR) is 128 cm³/mol. The Balaban J connectivity index is 0.000000505. The van der Waals surface area contributed by atoms with E-state index in [2.05, 4.69) is 10.3 Å². The number of carboxylic acid groups (broad SMARTS) is 1. The number of benzene rings is 2. The van der Waals surface area contributed by atoms with Gasteiger partial charge in [-0.2, -0.15) is 13.2 Å². The van der Waals surface area contributed by atoms with E-state index in [-0.39, 0.29) is 17.6 Å². The van der Waals surface area contributed by atoms with Gasteiger partial charge in [0.25, 0.3) is 0 Å². The Bertz CT molecular complexity index is 1250. The van der Waals surface area contributed by atoms with Crippen molar-refractivity contribution in [3.05, 3.63) is 77.8 Å². The van der Waals surface area contributed by atoms with Gasteiger partial charge in [0.15, 0.2) is 0 Å². The van der Waals surface area contributed by atoms with Crippen molar-refractivity contribution < 1.29 is 36.6 Å². The van der Waals surface area contributed by atoms with E-state index in [4.69, 9.17) is 15.6 Å². The highest BCUT2D eigenvalue weighted by Gasteiger charge is 2.38. The van der Waals surface area contributed by atoms with Crippen LogP contribution in [0.4, 0.5) is 26.7 Å². The zero-order valence-corrected chi connectivity index (χ0v) is 20.1. The van der Waals surface area contributed by atoms with E-state index in [1.54, 1.807) is 11.1 Å². The third-order valence-electron chi connectivity index (χ3n) is 5.67. The summed E-state index contributed by atoms with van der Waals surface area (Å²) in [5.41, 5.74) is 7.48. The number of aryl methyl sites for hydroxylation is 1. The number of hydrogen-bond donors (Lipinski definition) is 3. The van der Waals surface area contributed by atoms with Crippen molar-refractivity contribution in [2.75, 3.05) is 13.1 Å². The van der Waals surface area contributed by atoms with Crippen LogP contribution in [0, 0.1) is 11.6 Å². The Morgan fingerprint density at radius 1 is 1.16 bits per heavy atom. The lowest BCUT2D eigenvalue weighted by Crippen LogP contribution is -2.48. The molecule has 4 N–H and O–H groups in total. The molecule has 1 unspecified atom stereocenters. The number of amides is 2. The second kappa shape index (κ2) is 12.5. The molecule has 1 aromatic heterocycles. The summed E-state index contributed by atoms with van der Waals surface area (Å²) in [4.78, 5) is 28.0. The molecule has 4 rings (SSSR count). The highest BCUT2D eigenvalue weighted by molar-refractivity contribution is 5.74. The lowest BCUT2D eigenvalue weighted by Gasteiger charge is -2.29. The van der Waals surface area contributed by atoms with Gasteiger partial charge in [-0.05, 0) is 24.1 Å². The summed E-state index contributed by atoms with van der Waals surface area (Å²) in [5.74, 6) is -3.19. The number of halogens is 5. The molecule has 204 valence electrons. The van der Waals surface area contributed by atoms with E-state index in [0.29, 0.717) is 38.3 Å². The first-order valence-corrected chi connectivity index (χ1v) is 11.6. The quantitative estimate of drug-likeness (QED) is 0.411. The molecule has 38 heavy (non-hydrogen) atoms. The van der Waals surface area contributed by atoms with Gasteiger partial charge >= 0.3 is 18.2 Å². The Morgan fingerprint density at radius 2 is 1.84 bits per heavy atom. The number of aromatic nitrogens is 2. The number of nitrogens with two attached hydrogens (primary N) is 1. The van der Waals surface area contributed by atoms with Crippen molar-refractivity contribution >= 4 is 12.0 Å². The number of imidazole rings is 1. The number of fused-ring (bicyclic) bond motifs is 1. The van der Waals surface area contributed by atoms with Crippen molar-refractivity contribution in [2.24, 2.45) is 5.73 Å². The minimum Gasteiger partial charge on any atom is -0.475 e. The number of rotatable bonds is 6. The average molecular weight is 540 g/mol. The maximum atomic E-state index is 14.1. The number of nitrogens with one attached hydrogen (secondary N) is 1. The molecule has 0 spiro atoms. The largest absolute Gasteiger partial charge is 0.490 e. The highest BCUT2D eigenvalue weighted by Crippen LogP contribution is 2.25. The van der Waals surface area contributed by atoms with Crippen LogP contribution >= 0.6 is 0 Å². The molecule has 1 atom stereocenters. The van der Waals surface area contributed by atoms with Crippen molar-refractivity contribution in [2.45, 2.75) is 38.1 Å². The molecule has 8 nitrogen and oxygen atoms in total. The van der Waals surface area contributed by atoms with Crippen LogP contribution < -0.4 is 11.1 Å². The molecule has 0 saturated heterocycles. The van der Waals surface area contributed by atoms with Crippen LogP contribution in [-0.2, 0) is 24.3 Å². The van der Waals surface area contributed by atoms with Gasteiger partial charge < -0.3 is 25.6 Å². The SMILES string of the molecule is NCCN(Cc1ccccc1)C(=O)NC1CCc2nc(-c3ccc(F)cc3F)cn2C1.O=C(O)C(F)(F)F. The van der Waals surface area contributed by atoms with Gasteiger partial charge in [-0.25, -0.2) is 23.4 Å². The number of urea groups is 1. The molecule has 0 radical (unpaired) electrons. The summed E-state index contributed by atoms with van der Waals surface area (Å²) in [7, 11) is 0. The van der Waals surface area contributed by atoms with Crippen LogP contribution in [0.15, 0.2) is 54.7 Å². The molecular formula is C25H26F5N5O3. The van der Waals surface area contributed by atoms with Crippen LogP contribution in [0.5, 0.6) is 0 Å². The smallest absolute Gasteiger partial charge is 0.475 e. The maximum absolute atomic E-state index is 14.1. The molecule has 13 heteroatoms. The number of hydrogen-bond acceptors (Lipinski definition) is 4. The molecular weight excluding hydrogens is 513 g/mol. The van der Waals surface area contributed by atoms with E-state index in [1.807, 2.05) is 34.9 Å². The second-order valence-electron chi connectivity index (χ2n) is 8.50. The van der Waals surface area contributed by atoms with Crippen molar-refractivity contribution in [3.8, 4) is 11.3 Å². The first-order chi connectivity index (χ1) is 18.0.